The molecule has 1 N–H and O–H groups in total. The lowest BCUT2D eigenvalue weighted by Crippen LogP contribution is -2.22. The van der Waals surface area contributed by atoms with E-state index in [0.717, 1.165) is 34.2 Å². The van der Waals surface area contributed by atoms with Crippen LogP contribution in [0.15, 0.2) is 50.7 Å². The minimum atomic E-state index is 0.108. The molecule has 1 atom stereocenters. The van der Waals surface area contributed by atoms with Gasteiger partial charge >= 0.3 is 0 Å². The van der Waals surface area contributed by atoms with Gasteiger partial charge in [-0.1, -0.05) is 25.1 Å². The third kappa shape index (κ3) is 2.68. The summed E-state index contributed by atoms with van der Waals surface area (Å²) in [6.07, 6.45) is 1.10. The van der Waals surface area contributed by atoms with Gasteiger partial charge in [0.05, 0.1) is 0 Å². The summed E-state index contributed by atoms with van der Waals surface area (Å²) in [5, 5.41) is 6.83. The van der Waals surface area contributed by atoms with Gasteiger partial charge in [0.2, 0.25) is 0 Å². The highest BCUT2D eigenvalue weighted by Gasteiger charge is 2.21. The zero-order chi connectivity index (χ0) is 13.9. The molecule has 4 heteroatoms. The number of hydrogen-bond donors (Lipinski definition) is 1. The van der Waals surface area contributed by atoms with Crippen molar-refractivity contribution >= 4 is 38.2 Å². The fourth-order valence-corrected chi connectivity index (χ4v) is 3.95. The number of nitrogens with one attached hydrogen (secondary N) is 1. The number of hydrogen-bond acceptors (Lipinski definition) is 3. The maximum atomic E-state index is 6.03. The average Bonchev–Trinajstić information content (AvgIpc) is 3.06. The monoisotopic (exact) mass is 349 g/mol. The van der Waals surface area contributed by atoms with E-state index in [2.05, 4.69) is 51.7 Å². The van der Waals surface area contributed by atoms with Crippen LogP contribution < -0.4 is 5.32 Å². The van der Waals surface area contributed by atoms with Crippen molar-refractivity contribution < 1.29 is 4.42 Å². The quantitative estimate of drug-likeness (QED) is 0.671. The summed E-state index contributed by atoms with van der Waals surface area (Å²) >= 11 is 5.37. The minimum absolute atomic E-state index is 0.108. The first-order valence-corrected chi connectivity index (χ1v) is 8.41. The number of fused-ring (bicyclic) bond motifs is 1. The van der Waals surface area contributed by atoms with E-state index in [0.29, 0.717) is 0 Å². The van der Waals surface area contributed by atoms with Gasteiger partial charge in [0, 0.05) is 14.7 Å². The molecule has 20 heavy (non-hydrogen) atoms. The van der Waals surface area contributed by atoms with Crippen molar-refractivity contribution in [2.45, 2.75) is 19.4 Å². The molecule has 0 aliphatic carbocycles. The summed E-state index contributed by atoms with van der Waals surface area (Å²) in [6, 6.07) is 12.5. The van der Waals surface area contributed by atoms with Crippen LogP contribution in [0.3, 0.4) is 0 Å². The maximum absolute atomic E-state index is 6.03. The van der Waals surface area contributed by atoms with E-state index < -0.39 is 0 Å². The van der Waals surface area contributed by atoms with Crippen molar-refractivity contribution in [1.29, 1.82) is 0 Å². The zero-order valence-electron chi connectivity index (χ0n) is 11.2. The molecule has 2 nitrogen and oxygen atoms in total. The zero-order valence-corrected chi connectivity index (χ0v) is 13.6. The molecule has 0 radical (unpaired) electrons. The molecule has 2 heterocycles. The average molecular weight is 350 g/mol. The fourth-order valence-electron chi connectivity index (χ4n) is 2.27. The van der Waals surface area contributed by atoms with Crippen LogP contribution in [0.5, 0.6) is 0 Å². The van der Waals surface area contributed by atoms with Crippen molar-refractivity contribution in [3.63, 3.8) is 0 Å². The Morgan fingerprint density at radius 1 is 1.30 bits per heavy atom. The van der Waals surface area contributed by atoms with E-state index in [1.165, 1.54) is 4.88 Å². The Kier molecular flexibility index (Phi) is 4.24. The molecule has 2 aromatic heterocycles. The van der Waals surface area contributed by atoms with Gasteiger partial charge in [-0.2, -0.15) is 0 Å². The molecule has 3 rings (SSSR count). The van der Waals surface area contributed by atoms with Gasteiger partial charge in [-0.15, -0.1) is 11.3 Å². The number of rotatable bonds is 5. The third-order valence-electron chi connectivity index (χ3n) is 3.23. The molecular weight excluding hydrogens is 334 g/mol. The molecule has 1 unspecified atom stereocenters. The first kappa shape index (κ1) is 13.9. The molecule has 0 spiro atoms. The van der Waals surface area contributed by atoms with Crippen molar-refractivity contribution in [3.8, 4) is 0 Å². The number of halogens is 1. The van der Waals surface area contributed by atoms with E-state index in [-0.39, 0.29) is 6.04 Å². The summed E-state index contributed by atoms with van der Waals surface area (Å²) < 4.78 is 7.17. The Bertz CT molecular complexity index is 670. The van der Waals surface area contributed by atoms with Gasteiger partial charge in [0.25, 0.3) is 0 Å². The fraction of sp³-hybridized carbons (Fsp3) is 0.250. The molecule has 0 saturated carbocycles. The highest BCUT2D eigenvalue weighted by atomic mass is 79.9. The van der Waals surface area contributed by atoms with E-state index in [1.54, 1.807) is 11.3 Å². The Hall–Kier alpha value is -1.10. The van der Waals surface area contributed by atoms with Gasteiger partial charge in [-0.25, -0.2) is 0 Å². The highest BCUT2D eigenvalue weighted by Crippen LogP contribution is 2.35. The summed E-state index contributed by atoms with van der Waals surface area (Å²) in [4.78, 5) is 1.26. The molecular formula is C16H16BrNOS. The standard InChI is InChI=1S/C16H16BrNOS/c1-2-8-18-15(16-12(17)7-9-20-16)14-10-11-5-3-4-6-13(11)19-14/h3-7,9-10,15,18H,2,8H2,1H3. The van der Waals surface area contributed by atoms with Crippen LogP contribution in [0.1, 0.15) is 30.0 Å². The Balaban J connectivity index is 2.02. The Labute approximate surface area is 130 Å². The van der Waals surface area contributed by atoms with Crippen molar-refractivity contribution in [2.75, 3.05) is 6.54 Å². The maximum Gasteiger partial charge on any atom is 0.134 e. The molecule has 0 aliphatic heterocycles. The van der Waals surface area contributed by atoms with Crippen LogP contribution in [0.25, 0.3) is 11.0 Å². The smallest absolute Gasteiger partial charge is 0.134 e. The van der Waals surface area contributed by atoms with Gasteiger partial charge < -0.3 is 9.73 Å². The predicted molar refractivity (Wildman–Crippen MR) is 88.4 cm³/mol. The van der Waals surface area contributed by atoms with Crippen LogP contribution in [0.2, 0.25) is 0 Å². The number of thiophene rings is 1. The second-order valence-electron chi connectivity index (χ2n) is 4.71. The first-order valence-electron chi connectivity index (χ1n) is 6.74. The Morgan fingerprint density at radius 2 is 2.15 bits per heavy atom. The summed E-state index contributed by atoms with van der Waals surface area (Å²) in [6.45, 7) is 3.14. The van der Waals surface area contributed by atoms with Crippen LogP contribution >= 0.6 is 27.3 Å². The van der Waals surface area contributed by atoms with Crippen LogP contribution in [-0.2, 0) is 0 Å². The van der Waals surface area contributed by atoms with Crippen molar-refractivity contribution in [1.82, 2.24) is 5.32 Å². The van der Waals surface area contributed by atoms with Gasteiger partial charge in [0.15, 0.2) is 0 Å². The van der Waals surface area contributed by atoms with Gasteiger partial charge in [-0.3, -0.25) is 0 Å². The molecule has 0 amide bonds. The van der Waals surface area contributed by atoms with Crippen LogP contribution in [0.4, 0.5) is 0 Å². The lowest BCUT2D eigenvalue weighted by atomic mass is 10.1. The third-order valence-corrected chi connectivity index (χ3v) is 5.17. The number of para-hydroxylation sites is 1. The first-order chi connectivity index (χ1) is 9.79. The second kappa shape index (κ2) is 6.12. The van der Waals surface area contributed by atoms with Crippen molar-refractivity contribution in [2.24, 2.45) is 0 Å². The summed E-state index contributed by atoms with van der Waals surface area (Å²) in [5.41, 5.74) is 0.943. The topological polar surface area (TPSA) is 25.2 Å². The van der Waals surface area contributed by atoms with Crippen LogP contribution in [-0.4, -0.2) is 6.54 Å². The number of furan rings is 1. The molecule has 0 bridgehead atoms. The van der Waals surface area contributed by atoms with E-state index in [9.17, 15) is 0 Å². The predicted octanol–water partition coefficient (Wildman–Crippen LogP) is 5.35. The normalized spacial score (nSPS) is 12.9. The molecule has 0 saturated heterocycles. The number of benzene rings is 1. The highest BCUT2D eigenvalue weighted by molar-refractivity contribution is 9.10. The van der Waals surface area contributed by atoms with E-state index in [4.69, 9.17) is 4.42 Å². The van der Waals surface area contributed by atoms with Gasteiger partial charge in [0.1, 0.15) is 17.4 Å². The SMILES string of the molecule is CCCNC(c1cc2ccccc2o1)c1sccc1Br. The van der Waals surface area contributed by atoms with Crippen LogP contribution in [0, 0.1) is 0 Å². The molecule has 3 aromatic rings. The van der Waals surface area contributed by atoms with Crippen molar-refractivity contribution in [3.05, 3.63) is 56.9 Å². The largest absolute Gasteiger partial charge is 0.459 e. The summed E-state index contributed by atoms with van der Waals surface area (Å²) in [5.74, 6) is 0.975. The molecule has 1 aromatic carbocycles. The summed E-state index contributed by atoms with van der Waals surface area (Å²) in [7, 11) is 0. The molecule has 104 valence electrons. The minimum Gasteiger partial charge on any atom is -0.459 e. The van der Waals surface area contributed by atoms with E-state index >= 15 is 0 Å². The lowest BCUT2D eigenvalue weighted by Gasteiger charge is -2.15. The molecule has 0 fully saturated rings. The molecule has 0 aliphatic rings. The lowest BCUT2D eigenvalue weighted by molar-refractivity contribution is 0.473. The van der Waals surface area contributed by atoms with E-state index in [1.807, 2.05) is 18.2 Å². The van der Waals surface area contributed by atoms with Gasteiger partial charge in [-0.05, 0) is 52.5 Å². The second-order valence-corrected chi connectivity index (χ2v) is 6.51. The Morgan fingerprint density at radius 3 is 2.85 bits per heavy atom.